The highest BCUT2D eigenvalue weighted by Crippen LogP contribution is 2.40. The zero-order chi connectivity index (χ0) is 21.2. The largest absolute Gasteiger partial charge is 0.463 e. The first-order valence-corrected chi connectivity index (χ1v) is 10.2. The van der Waals surface area contributed by atoms with Gasteiger partial charge in [0, 0.05) is 29.2 Å². The van der Waals surface area contributed by atoms with Crippen LogP contribution in [0, 0.1) is 5.92 Å². The van der Waals surface area contributed by atoms with Crippen molar-refractivity contribution in [3.63, 3.8) is 0 Å². The summed E-state index contributed by atoms with van der Waals surface area (Å²) >= 11 is 3.40. The summed E-state index contributed by atoms with van der Waals surface area (Å²) in [6.07, 6.45) is 1.52. The topological polar surface area (TPSA) is 106 Å². The second-order valence-electron chi connectivity index (χ2n) is 6.09. The van der Waals surface area contributed by atoms with E-state index in [1.807, 2.05) is 13.8 Å². The van der Waals surface area contributed by atoms with E-state index in [1.165, 1.54) is 6.08 Å². The van der Waals surface area contributed by atoms with E-state index in [0.29, 0.717) is 24.5 Å². The van der Waals surface area contributed by atoms with Gasteiger partial charge in [-0.2, -0.15) is 0 Å². The van der Waals surface area contributed by atoms with Crippen LogP contribution in [0.25, 0.3) is 0 Å². The molecule has 29 heavy (non-hydrogen) atoms. The molecule has 1 heterocycles. The van der Waals surface area contributed by atoms with Crippen LogP contribution in [0.3, 0.4) is 0 Å². The van der Waals surface area contributed by atoms with Gasteiger partial charge in [-0.1, -0.05) is 15.9 Å². The summed E-state index contributed by atoms with van der Waals surface area (Å²) in [5.41, 5.74) is 6.51. The predicted molar refractivity (Wildman–Crippen MR) is 108 cm³/mol. The van der Waals surface area contributed by atoms with Gasteiger partial charge in [-0.05, 0) is 38.1 Å². The van der Waals surface area contributed by atoms with Crippen LogP contribution >= 0.6 is 15.9 Å². The number of nitrogens with two attached hydrogens (primary N) is 1. The lowest BCUT2D eigenvalue weighted by molar-refractivity contribution is -0.164. The normalized spacial score (nSPS) is 15.3. The van der Waals surface area contributed by atoms with E-state index in [1.54, 1.807) is 18.2 Å². The fraction of sp³-hybridized carbons (Fsp3) is 0.500. The van der Waals surface area contributed by atoms with Crippen LogP contribution in [0.5, 0.6) is 5.75 Å². The Morgan fingerprint density at radius 3 is 2.21 bits per heavy atom. The molecule has 0 fully saturated rings. The van der Waals surface area contributed by atoms with Gasteiger partial charge in [0.1, 0.15) is 19.0 Å². The van der Waals surface area contributed by atoms with Crippen molar-refractivity contribution in [2.45, 2.75) is 19.8 Å². The second kappa shape index (κ2) is 11.8. The molecule has 2 rings (SSSR count). The van der Waals surface area contributed by atoms with Crippen molar-refractivity contribution in [2.24, 2.45) is 11.7 Å². The van der Waals surface area contributed by atoms with Crippen LogP contribution in [0.1, 0.15) is 25.3 Å². The van der Waals surface area contributed by atoms with E-state index in [2.05, 4.69) is 15.9 Å². The molecule has 1 aromatic carbocycles. The van der Waals surface area contributed by atoms with E-state index >= 15 is 0 Å². The van der Waals surface area contributed by atoms with E-state index in [0.717, 1.165) is 4.47 Å². The smallest absolute Gasteiger partial charge is 0.321 e. The Morgan fingerprint density at radius 1 is 1.07 bits per heavy atom. The van der Waals surface area contributed by atoms with Gasteiger partial charge in [-0.15, -0.1) is 0 Å². The van der Waals surface area contributed by atoms with E-state index < -0.39 is 23.8 Å². The number of fused-ring (bicyclic) bond motifs is 1. The molecule has 8 nitrogen and oxygen atoms in total. The maximum Gasteiger partial charge on any atom is 0.321 e. The molecule has 0 bridgehead atoms. The fourth-order valence-corrected chi connectivity index (χ4v) is 3.22. The molecule has 0 saturated heterocycles. The molecular weight excluding hydrogens is 446 g/mol. The van der Waals surface area contributed by atoms with Crippen LogP contribution in [0.2, 0.25) is 0 Å². The van der Waals surface area contributed by atoms with Crippen molar-refractivity contribution in [3.8, 4) is 5.75 Å². The van der Waals surface area contributed by atoms with Crippen LogP contribution in [-0.4, -0.2) is 51.6 Å². The Balaban J connectivity index is 2.25. The van der Waals surface area contributed by atoms with Crippen molar-refractivity contribution in [1.29, 1.82) is 0 Å². The molecule has 0 aliphatic carbocycles. The SMILES string of the molecule is CCOCCOC(=O)C(C(=O)OCCOCC)C1C=C(N)Oc2ccc(Br)cc21. The van der Waals surface area contributed by atoms with Gasteiger partial charge in [0.05, 0.1) is 13.2 Å². The molecule has 0 spiro atoms. The lowest BCUT2D eigenvalue weighted by atomic mass is 9.84. The first-order valence-electron chi connectivity index (χ1n) is 9.41. The molecule has 1 atom stereocenters. The van der Waals surface area contributed by atoms with E-state index in [4.69, 9.17) is 29.4 Å². The number of carbonyl (C=O) groups excluding carboxylic acids is 2. The standard InChI is InChI=1S/C20H26BrNO7/c1-3-25-7-9-27-19(23)18(20(24)28-10-8-26-4-2)15-12-17(22)29-16-6-5-13(21)11-14(15)16/h5-6,11-12,15,18H,3-4,7-10,22H2,1-2H3. The number of rotatable bonds is 11. The molecule has 1 aliphatic heterocycles. The van der Waals surface area contributed by atoms with Gasteiger partial charge in [0.25, 0.3) is 0 Å². The fourth-order valence-electron chi connectivity index (χ4n) is 2.84. The average molecular weight is 472 g/mol. The van der Waals surface area contributed by atoms with Crippen molar-refractivity contribution in [2.75, 3.05) is 39.6 Å². The quantitative estimate of drug-likeness (QED) is 0.298. The molecule has 0 amide bonds. The second-order valence-corrected chi connectivity index (χ2v) is 7.00. The summed E-state index contributed by atoms with van der Waals surface area (Å²) in [6, 6.07) is 5.27. The maximum absolute atomic E-state index is 12.8. The van der Waals surface area contributed by atoms with Crippen LogP contribution in [0.15, 0.2) is 34.6 Å². The van der Waals surface area contributed by atoms with Crippen molar-refractivity contribution in [1.82, 2.24) is 0 Å². The lowest BCUT2D eigenvalue weighted by Crippen LogP contribution is -2.35. The molecule has 0 radical (unpaired) electrons. The number of benzene rings is 1. The van der Waals surface area contributed by atoms with Crippen molar-refractivity contribution >= 4 is 27.9 Å². The number of allylic oxidation sites excluding steroid dienone is 1. The Bertz CT molecular complexity index is 714. The Hall–Kier alpha value is -2.10. The maximum atomic E-state index is 12.8. The number of hydrogen-bond donors (Lipinski definition) is 1. The van der Waals surface area contributed by atoms with Gasteiger partial charge in [0.2, 0.25) is 0 Å². The molecule has 160 valence electrons. The molecule has 1 aliphatic rings. The number of halogens is 1. The first-order chi connectivity index (χ1) is 14.0. The summed E-state index contributed by atoms with van der Waals surface area (Å²) in [7, 11) is 0. The summed E-state index contributed by atoms with van der Waals surface area (Å²) < 4.78 is 27.2. The molecule has 0 aromatic heterocycles. The summed E-state index contributed by atoms with van der Waals surface area (Å²) in [5.74, 6) is -2.81. The highest BCUT2D eigenvalue weighted by Gasteiger charge is 2.40. The minimum atomic E-state index is -1.24. The number of carbonyl (C=O) groups is 2. The van der Waals surface area contributed by atoms with Crippen LogP contribution in [-0.2, 0) is 28.5 Å². The average Bonchev–Trinajstić information content (AvgIpc) is 2.69. The van der Waals surface area contributed by atoms with Gasteiger partial charge in [-0.25, -0.2) is 0 Å². The Morgan fingerprint density at radius 2 is 1.66 bits per heavy atom. The van der Waals surface area contributed by atoms with Crippen LogP contribution < -0.4 is 10.5 Å². The molecule has 1 unspecified atom stereocenters. The Kier molecular flexibility index (Phi) is 9.43. The number of ether oxygens (including phenoxy) is 5. The predicted octanol–water partition coefficient (Wildman–Crippen LogP) is 2.50. The highest BCUT2D eigenvalue weighted by molar-refractivity contribution is 9.10. The summed E-state index contributed by atoms with van der Waals surface area (Å²) in [4.78, 5) is 25.6. The monoisotopic (exact) mass is 471 g/mol. The Labute approximate surface area is 178 Å². The van der Waals surface area contributed by atoms with E-state index in [-0.39, 0.29) is 32.3 Å². The summed E-state index contributed by atoms with van der Waals surface area (Å²) in [6.45, 7) is 5.22. The third kappa shape index (κ3) is 6.73. The first kappa shape index (κ1) is 23.2. The highest BCUT2D eigenvalue weighted by atomic mass is 79.9. The summed E-state index contributed by atoms with van der Waals surface area (Å²) in [5, 5.41) is 0. The zero-order valence-electron chi connectivity index (χ0n) is 16.5. The molecule has 2 N–H and O–H groups in total. The van der Waals surface area contributed by atoms with Gasteiger partial charge in [-0.3, -0.25) is 9.59 Å². The third-order valence-corrected chi connectivity index (χ3v) is 4.62. The van der Waals surface area contributed by atoms with Crippen molar-refractivity contribution < 1.29 is 33.3 Å². The van der Waals surface area contributed by atoms with Gasteiger partial charge < -0.3 is 29.4 Å². The van der Waals surface area contributed by atoms with Gasteiger partial charge >= 0.3 is 11.9 Å². The molecule has 1 aromatic rings. The van der Waals surface area contributed by atoms with Gasteiger partial charge in [0.15, 0.2) is 11.8 Å². The lowest BCUT2D eigenvalue weighted by Gasteiger charge is -2.27. The number of esters is 2. The molecule has 0 saturated carbocycles. The van der Waals surface area contributed by atoms with Crippen molar-refractivity contribution in [3.05, 3.63) is 40.2 Å². The minimum Gasteiger partial charge on any atom is -0.463 e. The zero-order valence-corrected chi connectivity index (χ0v) is 18.1. The molecular formula is C20H26BrNO7. The van der Waals surface area contributed by atoms with E-state index in [9.17, 15) is 9.59 Å². The number of hydrogen-bond acceptors (Lipinski definition) is 8. The van der Waals surface area contributed by atoms with Crippen LogP contribution in [0.4, 0.5) is 0 Å². The third-order valence-electron chi connectivity index (χ3n) is 4.12. The minimum absolute atomic E-state index is 0.0309. The molecule has 9 heteroatoms.